The molecule has 1 saturated heterocycles. The summed E-state index contributed by atoms with van der Waals surface area (Å²) >= 11 is 0. The smallest absolute Gasteiger partial charge is 0.0987 e. The van der Waals surface area contributed by atoms with Gasteiger partial charge in [-0.15, -0.1) is 0 Å². The van der Waals surface area contributed by atoms with Crippen molar-refractivity contribution in [3.63, 3.8) is 0 Å². The van der Waals surface area contributed by atoms with Crippen LogP contribution in [0.5, 0.6) is 0 Å². The van der Waals surface area contributed by atoms with Crippen LogP contribution in [-0.4, -0.2) is 0 Å². The van der Waals surface area contributed by atoms with Gasteiger partial charge in [0.25, 0.3) is 0 Å². The van der Waals surface area contributed by atoms with Gasteiger partial charge in [0.15, 0.2) is 0 Å². The van der Waals surface area contributed by atoms with Gasteiger partial charge in [-0.3, -0.25) is 0 Å². The molecule has 3 aromatic rings. The molecule has 0 amide bonds. The zero-order valence-corrected chi connectivity index (χ0v) is 15.7. The molecule has 0 unspecified atom stereocenters. The van der Waals surface area contributed by atoms with Gasteiger partial charge in [0, 0.05) is 5.69 Å². The molecular weight excluding hydrogens is 314 g/mol. The molecule has 0 aliphatic carbocycles. The van der Waals surface area contributed by atoms with E-state index in [9.17, 15) is 0 Å². The zero-order valence-electron chi connectivity index (χ0n) is 15.7. The van der Waals surface area contributed by atoms with Crippen LogP contribution in [0, 0.1) is 18.9 Å². The van der Waals surface area contributed by atoms with Crippen LogP contribution in [0.25, 0.3) is 0 Å². The van der Waals surface area contributed by atoms with E-state index < -0.39 is 0 Å². The van der Waals surface area contributed by atoms with Crippen molar-refractivity contribution in [2.75, 3.05) is 4.90 Å². The first-order chi connectivity index (χ1) is 12.5. The van der Waals surface area contributed by atoms with Crippen molar-refractivity contribution in [3.8, 4) is 0 Å². The van der Waals surface area contributed by atoms with E-state index in [2.05, 4.69) is 117 Å². The van der Waals surface area contributed by atoms with E-state index in [4.69, 9.17) is 0 Å². The molecule has 130 valence electrons. The highest BCUT2D eigenvalue weighted by Gasteiger charge is 2.52. The van der Waals surface area contributed by atoms with Gasteiger partial charge in [-0.05, 0) is 41.5 Å². The average molecular weight is 339 g/mol. The van der Waals surface area contributed by atoms with Crippen LogP contribution in [0.3, 0.4) is 0 Å². The Morgan fingerprint density at radius 1 is 0.731 bits per heavy atom. The molecule has 0 atom stereocenters. The molecule has 0 aromatic heterocycles. The predicted octanol–water partition coefficient (Wildman–Crippen LogP) is 6.21. The zero-order chi connectivity index (χ0) is 18.2. The first kappa shape index (κ1) is 16.9. The number of anilines is 1. The Morgan fingerprint density at radius 2 is 1.23 bits per heavy atom. The Morgan fingerprint density at radius 3 is 1.77 bits per heavy atom. The van der Waals surface area contributed by atoms with E-state index in [0.717, 1.165) is 6.42 Å². The highest BCUT2D eigenvalue weighted by molar-refractivity contribution is 5.64. The highest BCUT2D eigenvalue weighted by atomic mass is 15.2. The van der Waals surface area contributed by atoms with Crippen LogP contribution in [0.15, 0.2) is 84.9 Å². The van der Waals surface area contributed by atoms with E-state index in [-0.39, 0.29) is 11.0 Å². The van der Waals surface area contributed by atoms with Crippen molar-refractivity contribution in [2.24, 2.45) is 5.41 Å². The van der Waals surface area contributed by atoms with E-state index >= 15 is 0 Å². The Kier molecular flexibility index (Phi) is 4.11. The van der Waals surface area contributed by atoms with Crippen molar-refractivity contribution in [1.29, 1.82) is 0 Å². The third kappa shape index (κ3) is 2.72. The van der Waals surface area contributed by atoms with E-state index in [0.29, 0.717) is 0 Å². The first-order valence-electron chi connectivity index (χ1n) is 9.28. The SMILES string of the molecule is Cc1ccccc1N1[C]C(C)(C)CC1(c1ccccc1)c1ccccc1. The third-order valence-electron chi connectivity index (χ3n) is 5.35. The number of aryl methyl sites for hydroxylation is 1. The molecule has 1 heterocycles. The van der Waals surface area contributed by atoms with E-state index in [1.54, 1.807) is 0 Å². The third-order valence-corrected chi connectivity index (χ3v) is 5.35. The van der Waals surface area contributed by atoms with Crippen LogP contribution >= 0.6 is 0 Å². The van der Waals surface area contributed by atoms with Gasteiger partial charge in [-0.2, -0.15) is 0 Å². The lowest BCUT2D eigenvalue weighted by atomic mass is 9.75. The minimum absolute atomic E-state index is 0.0199. The summed E-state index contributed by atoms with van der Waals surface area (Å²) in [5.74, 6) is 0. The molecule has 4 rings (SSSR count). The number of para-hydroxylation sites is 1. The fourth-order valence-electron chi connectivity index (χ4n) is 4.29. The van der Waals surface area contributed by atoms with Gasteiger partial charge >= 0.3 is 0 Å². The Labute approximate surface area is 157 Å². The maximum Gasteiger partial charge on any atom is 0.0987 e. The van der Waals surface area contributed by atoms with Crippen LogP contribution < -0.4 is 4.90 Å². The molecule has 0 N–H and O–H groups in total. The van der Waals surface area contributed by atoms with Gasteiger partial charge in [-0.25, -0.2) is 0 Å². The number of rotatable bonds is 3. The van der Waals surface area contributed by atoms with Crippen molar-refractivity contribution >= 4 is 5.69 Å². The van der Waals surface area contributed by atoms with Gasteiger partial charge in [0.1, 0.15) is 0 Å². The summed E-state index contributed by atoms with van der Waals surface area (Å²) in [7, 11) is 0. The Balaban J connectivity index is 2.00. The molecule has 0 saturated carbocycles. The normalized spacial score (nSPS) is 18.0. The van der Waals surface area contributed by atoms with Gasteiger partial charge in [0.05, 0.1) is 12.1 Å². The van der Waals surface area contributed by atoms with Crippen LogP contribution in [-0.2, 0) is 5.54 Å². The van der Waals surface area contributed by atoms with Crippen molar-refractivity contribution < 1.29 is 0 Å². The second-order valence-electron chi connectivity index (χ2n) is 7.89. The van der Waals surface area contributed by atoms with Crippen molar-refractivity contribution in [3.05, 3.63) is 108 Å². The molecular formula is C25H25N. The largest absolute Gasteiger partial charge is 0.346 e. The monoisotopic (exact) mass is 339 g/mol. The maximum absolute atomic E-state index is 3.81. The molecule has 3 aromatic carbocycles. The fourth-order valence-corrected chi connectivity index (χ4v) is 4.29. The van der Waals surface area contributed by atoms with Crippen LogP contribution in [0.2, 0.25) is 0 Å². The maximum atomic E-state index is 3.81. The van der Waals surface area contributed by atoms with Gasteiger partial charge in [0.2, 0.25) is 0 Å². The van der Waals surface area contributed by atoms with E-state index in [1.807, 2.05) is 0 Å². The van der Waals surface area contributed by atoms with Crippen molar-refractivity contribution in [1.82, 2.24) is 0 Å². The summed E-state index contributed by atoms with van der Waals surface area (Å²) < 4.78 is 0. The molecule has 0 bridgehead atoms. The summed E-state index contributed by atoms with van der Waals surface area (Å²) in [5, 5.41) is 0. The Bertz CT molecular complexity index is 841. The summed E-state index contributed by atoms with van der Waals surface area (Å²) in [5.41, 5.74) is 4.85. The fraction of sp³-hybridized carbons (Fsp3) is 0.240. The lowest BCUT2D eigenvalue weighted by molar-refractivity contribution is 0.394. The molecule has 0 spiro atoms. The second-order valence-corrected chi connectivity index (χ2v) is 7.89. The second kappa shape index (κ2) is 6.32. The lowest BCUT2D eigenvalue weighted by Crippen LogP contribution is -2.41. The molecule has 2 radical (unpaired) electrons. The summed E-state index contributed by atoms with van der Waals surface area (Å²) in [4.78, 5) is 2.40. The Hall–Kier alpha value is -2.54. The van der Waals surface area contributed by atoms with Crippen LogP contribution in [0.1, 0.15) is 37.0 Å². The van der Waals surface area contributed by atoms with Crippen LogP contribution in [0.4, 0.5) is 5.69 Å². The minimum Gasteiger partial charge on any atom is -0.346 e. The molecule has 26 heavy (non-hydrogen) atoms. The van der Waals surface area contributed by atoms with Gasteiger partial charge in [-0.1, -0.05) is 92.7 Å². The topological polar surface area (TPSA) is 3.24 Å². The molecule has 1 heteroatoms. The summed E-state index contributed by atoms with van der Waals surface area (Å²) in [6.45, 7) is 10.6. The standard InChI is InChI=1S/C25H25N/c1-20-12-10-11-17-23(20)26-19-24(2,3)18-25(26,21-13-6-4-7-14-21)22-15-8-5-9-16-22/h4-17H,18H2,1-3H3. The van der Waals surface area contributed by atoms with E-state index in [1.165, 1.54) is 22.4 Å². The number of hydrogen-bond acceptors (Lipinski definition) is 1. The molecule has 1 nitrogen and oxygen atoms in total. The molecule has 1 aliphatic heterocycles. The average Bonchev–Trinajstić information content (AvgIpc) is 2.96. The minimum atomic E-state index is -0.252. The number of hydrogen-bond donors (Lipinski definition) is 0. The number of benzene rings is 3. The van der Waals surface area contributed by atoms with Gasteiger partial charge < -0.3 is 4.90 Å². The quantitative estimate of drug-likeness (QED) is 0.548. The molecule has 1 aliphatic rings. The number of nitrogens with zero attached hydrogens (tertiary/aromatic N) is 1. The summed E-state index contributed by atoms with van der Waals surface area (Å²) in [6, 6.07) is 30.4. The summed E-state index contributed by atoms with van der Waals surface area (Å²) in [6.07, 6.45) is 0.988. The molecule has 1 fully saturated rings. The predicted molar refractivity (Wildman–Crippen MR) is 109 cm³/mol. The highest BCUT2D eigenvalue weighted by Crippen LogP contribution is 2.55. The first-order valence-corrected chi connectivity index (χ1v) is 9.28. The lowest BCUT2D eigenvalue weighted by Gasteiger charge is -2.41. The van der Waals surface area contributed by atoms with Crippen molar-refractivity contribution in [2.45, 2.75) is 32.7 Å².